The summed E-state index contributed by atoms with van der Waals surface area (Å²) in [6.45, 7) is 2.34. The lowest BCUT2D eigenvalue weighted by atomic mass is 9.76. The third-order valence-electron chi connectivity index (χ3n) is 8.98. The zero-order chi connectivity index (χ0) is 25.3. The Morgan fingerprint density at radius 1 is 0.892 bits per heavy atom. The molecule has 0 aliphatic carbocycles. The Balaban J connectivity index is 1.12. The number of hydrogen-bond acceptors (Lipinski definition) is 4. The lowest BCUT2D eigenvalue weighted by Gasteiger charge is -2.52. The van der Waals surface area contributed by atoms with E-state index in [4.69, 9.17) is 0 Å². The minimum absolute atomic E-state index is 0.0427. The topological polar surface area (TPSA) is 81.2 Å². The van der Waals surface area contributed by atoms with E-state index in [0.29, 0.717) is 48.2 Å². The molecular weight excluding hydrogens is 468 g/mol. The van der Waals surface area contributed by atoms with Crippen LogP contribution in [0.3, 0.4) is 0 Å². The fourth-order valence-electron chi connectivity index (χ4n) is 7.39. The SMILES string of the molecule is O=C(CCN1C(=O)c2ccccc2N2C(=O)c3ccccc3[C@H]12)N1C[C@H]2C[C@@H](C1)[C@H]1CCCC(=O)N1C2. The molecule has 0 saturated carbocycles. The highest BCUT2D eigenvalue weighted by Gasteiger charge is 2.48. The Morgan fingerprint density at radius 3 is 2.54 bits per heavy atom. The Kier molecular flexibility index (Phi) is 5.13. The summed E-state index contributed by atoms with van der Waals surface area (Å²) in [5.74, 6) is 0.693. The van der Waals surface area contributed by atoms with Crippen LogP contribution in [0.1, 0.15) is 64.5 Å². The molecule has 8 nitrogen and oxygen atoms in total. The van der Waals surface area contributed by atoms with Crippen LogP contribution in [0.5, 0.6) is 0 Å². The number of para-hydroxylation sites is 1. The average molecular weight is 499 g/mol. The number of amides is 4. The lowest BCUT2D eigenvalue weighted by molar-refractivity contribution is -0.148. The van der Waals surface area contributed by atoms with Gasteiger partial charge < -0.3 is 14.7 Å². The van der Waals surface area contributed by atoms with Crippen LogP contribution in [0.2, 0.25) is 0 Å². The maximum Gasteiger partial charge on any atom is 0.260 e. The Labute approximate surface area is 215 Å². The van der Waals surface area contributed by atoms with Crippen molar-refractivity contribution in [1.29, 1.82) is 0 Å². The van der Waals surface area contributed by atoms with E-state index < -0.39 is 6.17 Å². The van der Waals surface area contributed by atoms with Gasteiger partial charge in [0.2, 0.25) is 11.8 Å². The lowest BCUT2D eigenvalue weighted by Crippen LogP contribution is -2.61. The number of nitrogens with zero attached hydrogens (tertiary/aromatic N) is 4. The van der Waals surface area contributed by atoms with E-state index in [-0.39, 0.29) is 42.6 Å². The molecule has 3 fully saturated rings. The quantitative estimate of drug-likeness (QED) is 0.652. The molecule has 5 heterocycles. The molecule has 5 aliphatic rings. The van der Waals surface area contributed by atoms with Crippen molar-refractivity contribution < 1.29 is 19.2 Å². The van der Waals surface area contributed by atoms with Gasteiger partial charge in [-0.2, -0.15) is 0 Å². The third kappa shape index (κ3) is 3.41. The largest absolute Gasteiger partial charge is 0.342 e. The van der Waals surface area contributed by atoms with Crippen molar-refractivity contribution in [2.24, 2.45) is 11.8 Å². The summed E-state index contributed by atoms with van der Waals surface area (Å²) in [6.07, 6.45) is 3.36. The molecule has 3 saturated heterocycles. The molecule has 0 aromatic heterocycles. The van der Waals surface area contributed by atoms with Crippen LogP contribution >= 0.6 is 0 Å². The number of carbonyl (C=O) groups excluding carboxylic acids is 4. The van der Waals surface area contributed by atoms with E-state index in [1.54, 1.807) is 28.0 Å². The van der Waals surface area contributed by atoms with Gasteiger partial charge in [-0.1, -0.05) is 30.3 Å². The number of carbonyl (C=O) groups is 4. The van der Waals surface area contributed by atoms with E-state index in [1.165, 1.54) is 0 Å². The Hall–Kier alpha value is -3.68. The molecule has 2 aromatic rings. The zero-order valence-corrected chi connectivity index (χ0v) is 20.7. The van der Waals surface area contributed by atoms with Crippen LogP contribution in [0.15, 0.2) is 48.5 Å². The van der Waals surface area contributed by atoms with Crippen molar-refractivity contribution in [2.45, 2.75) is 44.3 Å². The highest BCUT2D eigenvalue weighted by molar-refractivity contribution is 6.16. The Bertz CT molecular complexity index is 1320. The standard InChI is InChI=1S/C29H30N4O4/c34-25(30-15-18-14-19(17-30)23-10-5-11-26(35)32(23)16-18)12-13-31-27-20-6-1-2-7-21(20)29(37)33(27)24-9-4-3-8-22(24)28(31)36/h1-4,6-9,18-19,23,27H,5,10-17H2/t18-,19+,23-,27-/m1/s1. The molecule has 4 amide bonds. The van der Waals surface area contributed by atoms with Crippen LogP contribution in [-0.2, 0) is 9.59 Å². The van der Waals surface area contributed by atoms with E-state index >= 15 is 0 Å². The Morgan fingerprint density at radius 2 is 1.68 bits per heavy atom. The summed E-state index contributed by atoms with van der Waals surface area (Å²) >= 11 is 0. The second-order valence-corrected chi connectivity index (χ2v) is 11.1. The molecule has 0 N–H and O–H groups in total. The second kappa shape index (κ2) is 8.43. The average Bonchev–Trinajstić information content (AvgIpc) is 3.21. The first kappa shape index (κ1) is 22.5. The minimum atomic E-state index is -0.540. The summed E-state index contributed by atoms with van der Waals surface area (Å²) < 4.78 is 0. The van der Waals surface area contributed by atoms with Crippen molar-refractivity contribution in [1.82, 2.24) is 14.7 Å². The van der Waals surface area contributed by atoms with E-state index in [1.807, 2.05) is 35.2 Å². The van der Waals surface area contributed by atoms with Crippen molar-refractivity contribution in [2.75, 3.05) is 31.1 Å². The van der Waals surface area contributed by atoms with Gasteiger partial charge in [-0.15, -0.1) is 0 Å². The van der Waals surface area contributed by atoms with Gasteiger partial charge in [-0.05, 0) is 49.3 Å². The van der Waals surface area contributed by atoms with E-state index in [2.05, 4.69) is 4.90 Å². The van der Waals surface area contributed by atoms with E-state index in [9.17, 15) is 19.2 Å². The maximum atomic E-state index is 13.6. The van der Waals surface area contributed by atoms with Crippen molar-refractivity contribution >= 4 is 29.3 Å². The van der Waals surface area contributed by atoms with Gasteiger partial charge in [-0.3, -0.25) is 24.1 Å². The number of likely N-dealkylation sites (tertiary alicyclic amines) is 1. The first-order valence-corrected chi connectivity index (χ1v) is 13.4. The molecule has 0 spiro atoms. The van der Waals surface area contributed by atoms with Crippen LogP contribution in [0.4, 0.5) is 5.69 Å². The summed E-state index contributed by atoms with van der Waals surface area (Å²) in [4.78, 5) is 60.4. The number of rotatable bonds is 3. The molecule has 0 radical (unpaired) electrons. The monoisotopic (exact) mass is 498 g/mol. The number of benzene rings is 2. The number of hydrogen-bond donors (Lipinski definition) is 0. The minimum Gasteiger partial charge on any atom is -0.342 e. The molecule has 4 atom stereocenters. The molecule has 7 rings (SSSR count). The fourth-order valence-corrected chi connectivity index (χ4v) is 7.39. The fraction of sp³-hybridized carbons (Fsp3) is 0.448. The molecule has 190 valence electrons. The molecule has 8 heteroatoms. The van der Waals surface area contributed by atoms with Crippen LogP contribution in [0.25, 0.3) is 0 Å². The highest BCUT2D eigenvalue weighted by Crippen LogP contribution is 2.45. The molecule has 2 bridgehead atoms. The maximum absolute atomic E-state index is 13.6. The van der Waals surface area contributed by atoms with Gasteiger partial charge >= 0.3 is 0 Å². The summed E-state index contributed by atoms with van der Waals surface area (Å²) in [5, 5.41) is 0. The predicted octanol–water partition coefficient (Wildman–Crippen LogP) is 3.05. The van der Waals surface area contributed by atoms with Gasteiger partial charge in [0.15, 0.2) is 0 Å². The van der Waals surface area contributed by atoms with Gasteiger partial charge in [0.25, 0.3) is 11.8 Å². The molecule has 0 unspecified atom stereocenters. The summed E-state index contributed by atoms with van der Waals surface area (Å²) in [6, 6.07) is 14.9. The molecule has 2 aromatic carbocycles. The van der Waals surface area contributed by atoms with E-state index in [0.717, 1.165) is 31.4 Å². The number of fused-ring (bicyclic) bond motifs is 9. The van der Waals surface area contributed by atoms with Gasteiger partial charge in [0, 0.05) is 56.2 Å². The highest BCUT2D eigenvalue weighted by atomic mass is 16.2. The first-order valence-electron chi connectivity index (χ1n) is 13.4. The van der Waals surface area contributed by atoms with Crippen LogP contribution in [0, 0.1) is 11.8 Å². The third-order valence-corrected chi connectivity index (χ3v) is 8.98. The van der Waals surface area contributed by atoms with Crippen LogP contribution in [-0.4, -0.2) is 70.5 Å². The van der Waals surface area contributed by atoms with Crippen molar-refractivity contribution in [3.8, 4) is 0 Å². The van der Waals surface area contributed by atoms with Crippen LogP contribution < -0.4 is 4.90 Å². The molecule has 5 aliphatic heterocycles. The van der Waals surface area contributed by atoms with Crippen molar-refractivity contribution in [3.05, 3.63) is 65.2 Å². The van der Waals surface area contributed by atoms with Gasteiger partial charge in [-0.25, -0.2) is 0 Å². The number of anilines is 1. The van der Waals surface area contributed by atoms with Gasteiger partial charge in [0.05, 0.1) is 11.3 Å². The predicted molar refractivity (Wildman–Crippen MR) is 136 cm³/mol. The van der Waals surface area contributed by atoms with Crippen molar-refractivity contribution in [3.63, 3.8) is 0 Å². The summed E-state index contributed by atoms with van der Waals surface area (Å²) in [7, 11) is 0. The second-order valence-electron chi connectivity index (χ2n) is 11.1. The number of piperidine rings is 3. The smallest absolute Gasteiger partial charge is 0.260 e. The first-order chi connectivity index (χ1) is 18.0. The molecule has 37 heavy (non-hydrogen) atoms. The van der Waals surface area contributed by atoms with Gasteiger partial charge in [0.1, 0.15) is 6.17 Å². The normalized spacial score (nSPS) is 28.1. The summed E-state index contributed by atoms with van der Waals surface area (Å²) in [5.41, 5.74) is 2.51. The molecular formula is C29H30N4O4. The zero-order valence-electron chi connectivity index (χ0n) is 20.7.